The van der Waals surface area contributed by atoms with Crippen molar-refractivity contribution in [2.75, 3.05) is 16.8 Å². The van der Waals surface area contributed by atoms with Crippen molar-refractivity contribution in [2.45, 2.75) is 27.2 Å². The summed E-state index contributed by atoms with van der Waals surface area (Å²) >= 11 is 6.06. The predicted molar refractivity (Wildman–Crippen MR) is 104 cm³/mol. The lowest BCUT2D eigenvalue weighted by Gasteiger charge is -2.21. The zero-order valence-corrected chi connectivity index (χ0v) is 15.8. The van der Waals surface area contributed by atoms with Crippen molar-refractivity contribution >= 4 is 40.6 Å². The number of ketones is 1. The van der Waals surface area contributed by atoms with Crippen LogP contribution in [0.3, 0.4) is 0 Å². The largest absolute Gasteiger partial charge is 0.326 e. The Labute approximate surface area is 158 Å². The van der Waals surface area contributed by atoms with Crippen molar-refractivity contribution in [2.24, 2.45) is 0 Å². The number of hydrogen-bond acceptors (Lipinski definition) is 3. The Kier molecular flexibility index (Phi) is 6.52. The summed E-state index contributed by atoms with van der Waals surface area (Å²) in [5.41, 5.74) is 2.65. The average molecular weight is 373 g/mol. The van der Waals surface area contributed by atoms with E-state index in [1.54, 1.807) is 36.4 Å². The Morgan fingerprint density at radius 1 is 1.08 bits per heavy atom. The monoisotopic (exact) mass is 372 g/mol. The Balaban J connectivity index is 2.05. The van der Waals surface area contributed by atoms with Gasteiger partial charge in [-0.25, -0.2) is 0 Å². The second kappa shape index (κ2) is 8.63. The van der Waals surface area contributed by atoms with Gasteiger partial charge in [-0.3, -0.25) is 14.4 Å². The highest BCUT2D eigenvalue weighted by atomic mass is 35.5. The summed E-state index contributed by atoms with van der Waals surface area (Å²) in [4.78, 5) is 37.2. The number of hydrogen-bond donors (Lipinski definition) is 1. The molecular weight excluding hydrogens is 352 g/mol. The molecule has 2 aromatic carbocycles. The summed E-state index contributed by atoms with van der Waals surface area (Å²) < 4.78 is 0. The maximum absolute atomic E-state index is 12.2. The van der Waals surface area contributed by atoms with Gasteiger partial charge in [0, 0.05) is 41.9 Å². The van der Waals surface area contributed by atoms with E-state index in [1.165, 1.54) is 18.7 Å². The van der Waals surface area contributed by atoms with E-state index in [2.05, 4.69) is 5.32 Å². The van der Waals surface area contributed by atoms with Crippen molar-refractivity contribution in [3.05, 3.63) is 58.6 Å². The first kappa shape index (κ1) is 19.7. The van der Waals surface area contributed by atoms with Crippen LogP contribution < -0.4 is 10.2 Å². The van der Waals surface area contributed by atoms with Gasteiger partial charge in [-0.05, 0) is 43.7 Å². The molecular formula is C20H21ClN2O3. The number of anilines is 2. The number of aryl methyl sites for hydroxylation is 1. The molecule has 0 radical (unpaired) electrons. The summed E-state index contributed by atoms with van der Waals surface area (Å²) in [5.74, 6) is -0.500. The molecule has 2 amide bonds. The molecule has 0 aliphatic carbocycles. The fourth-order valence-corrected chi connectivity index (χ4v) is 2.65. The molecule has 136 valence electrons. The van der Waals surface area contributed by atoms with E-state index >= 15 is 0 Å². The van der Waals surface area contributed by atoms with Crippen molar-refractivity contribution in [3.8, 4) is 0 Å². The highest BCUT2D eigenvalue weighted by molar-refractivity contribution is 6.31. The third-order valence-electron chi connectivity index (χ3n) is 3.96. The SMILES string of the molecule is CC(=O)c1cccc(N(CCC(=O)Nc2ccc(C)c(Cl)c2)C(C)=O)c1. The van der Waals surface area contributed by atoms with E-state index in [0.717, 1.165) is 5.56 Å². The molecule has 0 heterocycles. The number of carbonyl (C=O) groups is 3. The number of carbonyl (C=O) groups excluding carboxylic acids is 3. The van der Waals surface area contributed by atoms with Gasteiger partial charge < -0.3 is 10.2 Å². The molecule has 1 N–H and O–H groups in total. The van der Waals surface area contributed by atoms with Crippen molar-refractivity contribution < 1.29 is 14.4 Å². The van der Waals surface area contributed by atoms with Crippen LogP contribution in [0.25, 0.3) is 0 Å². The number of nitrogens with one attached hydrogen (secondary N) is 1. The van der Waals surface area contributed by atoms with E-state index in [9.17, 15) is 14.4 Å². The Bertz CT molecular complexity index is 849. The summed E-state index contributed by atoms with van der Waals surface area (Å²) in [6.45, 7) is 4.99. The number of rotatable bonds is 6. The molecule has 0 fully saturated rings. The highest BCUT2D eigenvalue weighted by Gasteiger charge is 2.15. The summed E-state index contributed by atoms with van der Waals surface area (Å²) in [7, 11) is 0. The number of amides is 2. The van der Waals surface area contributed by atoms with E-state index in [4.69, 9.17) is 11.6 Å². The average Bonchev–Trinajstić information content (AvgIpc) is 2.58. The van der Waals surface area contributed by atoms with Crippen LogP contribution in [-0.2, 0) is 9.59 Å². The first-order valence-corrected chi connectivity index (χ1v) is 8.61. The van der Waals surface area contributed by atoms with Crippen molar-refractivity contribution in [1.82, 2.24) is 0 Å². The van der Waals surface area contributed by atoms with Gasteiger partial charge in [0.05, 0.1) is 0 Å². The fraction of sp³-hybridized carbons (Fsp3) is 0.250. The molecule has 0 aliphatic rings. The minimum atomic E-state index is -0.223. The molecule has 6 heteroatoms. The zero-order chi connectivity index (χ0) is 19.3. The first-order valence-electron chi connectivity index (χ1n) is 8.23. The van der Waals surface area contributed by atoms with Gasteiger partial charge >= 0.3 is 0 Å². The number of Topliss-reactive ketones (excluding diaryl/α,β-unsaturated/α-hetero) is 1. The van der Waals surface area contributed by atoms with Crippen LogP contribution in [-0.4, -0.2) is 24.1 Å². The second-order valence-corrected chi connectivity index (χ2v) is 6.45. The molecule has 5 nitrogen and oxygen atoms in total. The minimum Gasteiger partial charge on any atom is -0.326 e. The molecule has 0 saturated heterocycles. The fourth-order valence-electron chi connectivity index (χ4n) is 2.47. The molecule has 0 atom stereocenters. The molecule has 0 unspecified atom stereocenters. The lowest BCUT2D eigenvalue weighted by Crippen LogP contribution is -2.32. The van der Waals surface area contributed by atoms with Gasteiger partial charge in [0.15, 0.2) is 5.78 Å². The van der Waals surface area contributed by atoms with Crippen LogP contribution in [0.1, 0.15) is 36.2 Å². The maximum atomic E-state index is 12.2. The molecule has 0 aromatic heterocycles. The minimum absolute atomic E-state index is 0.0793. The second-order valence-electron chi connectivity index (χ2n) is 6.04. The maximum Gasteiger partial charge on any atom is 0.226 e. The Morgan fingerprint density at radius 2 is 1.81 bits per heavy atom. The molecule has 0 aliphatic heterocycles. The number of halogens is 1. The topological polar surface area (TPSA) is 66.5 Å². The zero-order valence-electron chi connectivity index (χ0n) is 15.0. The van der Waals surface area contributed by atoms with Crippen molar-refractivity contribution in [3.63, 3.8) is 0 Å². The molecule has 2 rings (SSSR count). The van der Waals surface area contributed by atoms with Gasteiger partial charge in [-0.1, -0.05) is 29.8 Å². The number of nitrogens with zero attached hydrogens (tertiary/aromatic N) is 1. The van der Waals surface area contributed by atoms with E-state index in [-0.39, 0.29) is 30.6 Å². The molecule has 0 spiro atoms. The van der Waals surface area contributed by atoms with Crippen LogP contribution in [0.15, 0.2) is 42.5 Å². The normalized spacial score (nSPS) is 10.3. The summed E-state index contributed by atoms with van der Waals surface area (Å²) in [5, 5.41) is 3.35. The van der Waals surface area contributed by atoms with E-state index in [1.807, 2.05) is 13.0 Å². The standard InChI is InChI=1S/C20H21ClN2O3/c1-13-7-8-17(12-19(13)21)22-20(26)9-10-23(15(3)25)18-6-4-5-16(11-18)14(2)24/h4-8,11-12H,9-10H2,1-3H3,(H,22,26). The van der Waals surface area contributed by atoms with Crippen molar-refractivity contribution in [1.29, 1.82) is 0 Å². The van der Waals surface area contributed by atoms with Crippen LogP contribution in [0.5, 0.6) is 0 Å². The third kappa shape index (κ3) is 5.17. The van der Waals surface area contributed by atoms with E-state index in [0.29, 0.717) is 22.0 Å². The molecule has 2 aromatic rings. The van der Waals surface area contributed by atoms with Crippen LogP contribution in [0, 0.1) is 6.92 Å². The highest BCUT2D eigenvalue weighted by Crippen LogP contribution is 2.21. The van der Waals surface area contributed by atoms with Gasteiger partial charge in [-0.15, -0.1) is 0 Å². The smallest absolute Gasteiger partial charge is 0.226 e. The molecule has 26 heavy (non-hydrogen) atoms. The Morgan fingerprint density at radius 3 is 2.42 bits per heavy atom. The van der Waals surface area contributed by atoms with Gasteiger partial charge in [0.2, 0.25) is 11.8 Å². The predicted octanol–water partition coefficient (Wildman–Crippen LogP) is 4.23. The van der Waals surface area contributed by atoms with Crippen LogP contribution in [0.4, 0.5) is 11.4 Å². The van der Waals surface area contributed by atoms with Crippen LogP contribution in [0.2, 0.25) is 5.02 Å². The summed E-state index contributed by atoms with van der Waals surface area (Å²) in [6.07, 6.45) is 0.120. The molecule has 0 saturated carbocycles. The Hall–Kier alpha value is -2.66. The first-order chi connectivity index (χ1) is 12.3. The van der Waals surface area contributed by atoms with Gasteiger partial charge in [-0.2, -0.15) is 0 Å². The molecule has 0 bridgehead atoms. The third-order valence-corrected chi connectivity index (χ3v) is 4.37. The number of benzene rings is 2. The lowest BCUT2D eigenvalue weighted by molar-refractivity contribution is -0.117. The van der Waals surface area contributed by atoms with Gasteiger partial charge in [0.25, 0.3) is 0 Å². The van der Waals surface area contributed by atoms with Gasteiger partial charge in [0.1, 0.15) is 0 Å². The van der Waals surface area contributed by atoms with Crippen LogP contribution >= 0.6 is 11.6 Å². The quantitative estimate of drug-likeness (QED) is 0.771. The summed E-state index contributed by atoms with van der Waals surface area (Å²) in [6, 6.07) is 12.1. The van der Waals surface area contributed by atoms with E-state index < -0.39 is 0 Å². The lowest BCUT2D eigenvalue weighted by atomic mass is 10.1.